The number of carbonyl (C=O) groups is 1. The molecule has 136 valence electrons. The minimum Gasteiger partial charge on any atom is -0.493 e. The van der Waals surface area contributed by atoms with E-state index in [0.717, 1.165) is 50.5 Å². The predicted molar refractivity (Wildman–Crippen MR) is 92.3 cm³/mol. The van der Waals surface area contributed by atoms with Gasteiger partial charge in [-0.3, -0.25) is 4.79 Å². The second-order valence-electron chi connectivity index (χ2n) is 6.89. The van der Waals surface area contributed by atoms with Crippen molar-refractivity contribution in [2.45, 2.75) is 13.0 Å². The Morgan fingerprint density at radius 3 is 2.65 bits per heavy atom. The van der Waals surface area contributed by atoms with Crippen LogP contribution in [-0.2, 0) is 13.0 Å². The van der Waals surface area contributed by atoms with E-state index in [0.29, 0.717) is 13.1 Å². The zero-order valence-corrected chi connectivity index (χ0v) is 14.4. The predicted octanol–water partition coefficient (Wildman–Crippen LogP) is 1.44. The number of amides is 1. The summed E-state index contributed by atoms with van der Waals surface area (Å²) in [7, 11) is 0. The smallest absolute Gasteiger partial charge is 0.254 e. The fourth-order valence-electron chi connectivity index (χ4n) is 3.65. The zero-order valence-electron chi connectivity index (χ0n) is 14.4. The Morgan fingerprint density at radius 1 is 1.08 bits per heavy atom. The summed E-state index contributed by atoms with van der Waals surface area (Å²) in [6.07, 6.45) is 0.967. The Bertz CT molecular complexity index is 833. The highest BCUT2D eigenvalue weighted by atomic mass is 19.2. The molecule has 4 rings (SSSR count). The van der Waals surface area contributed by atoms with Gasteiger partial charge in [0.15, 0.2) is 11.6 Å². The first-order valence-electron chi connectivity index (χ1n) is 8.92. The maximum atomic E-state index is 13.3. The molecule has 2 aromatic rings. The van der Waals surface area contributed by atoms with Gasteiger partial charge < -0.3 is 14.5 Å². The number of ether oxygens (including phenoxy) is 1. The second-order valence-corrected chi connectivity index (χ2v) is 6.89. The third-order valence-corrected chi connectivity index (χ3v) is 5.13. The molecule has 1 saturated heterocycles. The van der Waals surface area contributed by atoms with Crippen molar-refractivity contribution in [3.63, 3.8) is 0 Å². The lowest BCUT2D eigenvalue weighted by atomic mass is 10.1. The Morgan fingerprint density at radius 2 is 1.88 bits per heavy atom. The molecule has 0 unspecified atom stereocenters. The van der Waals surface area contributed by atoms with Crippen molar-refractivity contribution < 1.29 is 23.2 Å². The standard InChI is InChI=1S/C20H20F2N2O2/c21-17-3-2-16(12-18(17)22)20(25)24-8-6-23(7-9-24)13-14-1-4-19-15(11-14)5-10-26-19/h1-4,11-12H,5-10,13H2/p+1. The number of carbonyl (C=O) groups excluding carboxylic acids is 1. The van der Waals surface area contributed by atoms with Crippen LogP contribution < -0.4 is 9.64 Å². The van der Waals surface area contributed by atoms with E-state index in [1.165, 1.54) is 22.1 Å². The molecule has 0 saturated carbocycles. The Kier molecular flexibility index (Phi) is 4.59. The van der Waals surface area contributed by atoms with Crippen LogP contribution in [0, 0.1) is 11.6 Å². The second kappa shape index (κ2) is 7.03. The lowest BCUT2D eigenvalue weighted by molar-refractivity contribution is -0.917. The number of hydrogen-bond donors (Lipinski definition) is 1. The molecule has 4 nitrogen and oxygen atoms in total. The molecule has 2 heterocycles. The molecule has 0 radical (unpaired) electrons. The van der Waals surface area contributed by atoms with E-state index >= 15 is 0 Å². The quantitative estimate of drug-likeness (QED) is 0.900. The molecule has 0 atom stereocenters. The first kappa shape index (κ1) is 17.0. The fraction of sp³-hybridized carbons (Fsp3) is 0.350. The molecule has 0 aliphatic carbocycles. The Hall–Kier alpha value is -2.47. The van der Waals surface area contributed by atoms with Crippen LogP contribution >= 0.6 is 0 Å². The molecule has 2 aliphatic rings. The van der Waals surface area contributed by atoms with E-state index < -0.39 is 11.6 Å². The number of nitrogens with zero attached hydrogens (tertiary/aromatic N) is 1. The van der Waals surface area contributed by atoms with Gasteiger partial charge in [0.1, 0.15) is 12.3 Å². The molecule has 0 aromatic heterocycles. The highest BCUT2D eigenvalue weighted by Gasteiger charge is 2.25. The summed E-state index contributed by atoms with van der Waals surface area (Å²) < 4.78 is 31.9. The van der Waals surface area contributed by atoms with Gasteiger partial charge in [-0.05, 0) is 42.0 Å². The van der Waals surface area contributed by atoms with Gasteiger partial charge in [-0.25, -0.2) is 8.78 Å². The van der Waals surface area contributed by atoms with Gasteiger partial charge in [-0.2, -0.15) is 0 Å². The Balaban J connectivity index is 1.35. The van der Waals surface area contributed by atoms with Crippen molar-refractivity contribution in [2.75, 3.05) is 32.8 Å². The maximum Gasteiger partial charge on any atom is 0.254 e. The molecule has 26 heavy (non-hydrogen) atoms. The molecular formula is C20H21F2N2O2+. The minimum atomic E-state index is -0.985. The lowest BCUT2D eigenvalue weighted by Gasteiger charge is -2.32. The molecule has 6 heteroatoms. The summed E-state index contributed by atoms with van der Waals surface area (Å²) in [5.41, 5.74) is 2.75. The van der Waals surface area contributed by atoms with Crippen molar-refractivity contribution in [2.24, 2.45) is 0 Å². The average molecular weight is 359 g/mol. The number of piperazine rings is 1. The fourth-order valence-corrected chi connectivity index (χ4v) is 3.65. The summed E-state index contributed by atoms with van der Waals surface area (Å²) in [6.45, 7) is 4.57. The molecule has 1 fully saturated rings. The van der Waals surface area contributed by atoms with E-state index in [1.807, 2.05) is 6.07 Å². The molecule has 2 aromatic carbocycles. The van der Waals surface area contributed by atoms with Crippen LogP contribution in [0.4, 0.5) is 8.78 Å². The monoisotopic (exact) mass is 359 g/mol. The summed E-state index contributed by atoms with van der Waals surface area (Å²) in [5, 5.41) is 0. The number of fused-ring (bicyclic) bond motifs is 1. The summed E-state index contributed by atoms with van der Waals surface area (Å²) in [5.74, 6) is -1.17. The molecule has 1 amide bonds. The molecule has 0 spiro atoms. The van der Waals surface area contributed by atoms with Gasteiger partial charge >= 0.3 is 0 Å². The van der Waals surface area contributed by atoms with Crippen LogP contribution in [0.15, 0.2) is 36.4 Å². The van der Waals surface area contributed by atoms with Crippen molar-refractivity contribution in [3.8, 4) is 5.75 Å². The summed E-state index contributed by atoms with van der Waals surface area (Å²) in [6, 6.07) is 9.68. The van der Waals surface area contributed by atoms with Crippen LogP contribution in [0.2, 0.25) is 0 Å². The molecule has 1 N–H and O–H groups in total. The van der Waals surface area contributed by atoms with Crippen LogP contribution in [-0.4, -0.2) is 43.6 Å². The van der Waals surface area contributed by atoms with E-state index in [-0.39, 0.29) is 11.5 Å². The Labute approximate surface area is 151 Å². The van der Waals surface area contributed by atoms with E-state index in [1.54, 1.807) is 4.90 Å². The number of rotatable bonds is 3. The number of benzene rings is 2. The van der Waals surface area contributed by atoms with Gasteiger partial charge in [-0.15, -0.1) is 0 Å². The van der Waals surface area contributed by atoms with Crippen molar-refractivity contribution >= 4 is 5.91 Å². The largest absolute Gasteiger partial charge is 0.493 e. The summed E-state index contributed by atoms with van der Waals surface area (Å²) >= 11 is 0. The normalized spacial score (nSPS) is 17.1. The third-order valence-electron chi connectivity index (χ3n) is 5.13. The average Bonchev–Trinajstić information content (AvgIpc) is 3.12. The van der Waals surface area contributed by atoms with Crippen LogP contribution in [0.3, 0.4) is 0 Å². The first-order chi connectivity index (χ1) is 12.6. The van der Waals surface area contributed by atoms with Gasteiger partial charge in [0.25, 0.3) is 5.91 Å². The van der Waals surface area contributed by atoms with Gasteiger partial charge in [0, 0.05) is 17.5 Å². The topological polar surface area (TPSA) is 34.0 Å². The first-order valence-corrected chi connectivity index (χ1v) is 8.92. The number of hydrogen-bond acceptors (Lipinski definition) is 2. The van der Waals surface area contributed by atoms with Crippen LogP contribution in [0.5, 0.6) is 5.75 Å². The van der Waals surface area contributed by atoms with Gasteiger partial charge in [-0.1, -0.05) is 0 Å². The molecule has 0 bridgehead atoms. The van der Waals surface area contributed by atoms with E-state index in [9.17, 15) is 13.6 Å². The van der Waals surface area contributed by atoms with Crippen molar-refractivity contribution in [1.82, 2.24) is 4.90 Å². The van der Waals surface area contributed by atoms with Crippen LogP contribution in [0.1, 0.15) is 21.5 Å². The van der Waals surface area contributed by atoms with Crippen molar-refractivity contribution in [3.05, 3.63) is 64.7 Å². The summed E-state index contributed by atoms with van der Waals surface area (Å²) in [4.78, 5) is 15.6. The third kappa shape index (κ3) is 3.42. The van der Waals surface area contributed by atoms with Crippen molar-refractivity contribution in [1.29, 1.82) is 0 Å². The number of halogens is 2. The SMILES string of the molecule is O=C(c1ccc(F)c(F)c1)N1CC[NH+](Cc2ccc3c(c2)CCO3)CC1. The molecular weight excluding hydrogens is 338 g/mol. The molecule has 2 aliphatic heterocycles. The highest BCUT2D eigenvalue weighted by Crippen LogP contribution is 2.25. The van der Waals surface area contributed by atoms with E-state index in [4.69, 9.17) is 4.74 Å². The minimum absolute atomic E-state index is 0.200. The lowest BCUT2D eigenvalue weighted by Crippen LogP contribution is -3.13. The number of quaternary nitrogens is 1. The number of nitrogens with one attached hydrogen (secondary N) is 1. The van der Waals surface area contributed by atoms with Gasteiger partial charge in [0.05, 0.1) is 32.8 Å². The van der Waals surface area contributed by atoms with Gasteiger partial charge in [0.2, 0.25) is 0 Å². The van der Waals surface area contributed by atoms with Crippen LogP contribution in [0.25, 0.3) is 0 Å². The zero-order chi connectivity index (χ0) is 18.1. The van der Waals surface area contributed by atoms with E-state index in [2.05, 4.69) is 12.1 Å². The maximum absolute atomic E-state index is 13.3. The highest BCUT2D eigenvalue weighted by molar-refractivity contribution is 5.94.